The van der Waals surface area contributed by atoms with Crippen LogP contribution in [0, 0.1) is 0 Å². The molecule has 2 rings (SSSR count). The average Bonchev–Trinajstić information content (AvgIpc) is 2.41. The number of halogens is 1. The van der Waals surface area contributed by atoms with Gasteiger partial charge in [0.25, 0.3) is 0 Å². The van der Waals surface area contributed by atoms with Gasteiger partial charge in [0, 0.05) is 5.02 Å². The second-order valence-electron chi connectivity index (χ2n) is 3.82. The summed E-state index contributed by atoms with van der Waals surface area (Å²) in [4.78, 5) is 10.6. The lowest BCUT2D eigenvalue weighted by Gasteiger charge is -2.07. The predicted octanol–water partition coefficient (Wildman–Crippen LogP) is 2.81. The minimum Gasteiger partial charge on any atom is -0.478 e. The molecule has 0 atom stereocenters. The van der Waals surface area contributed by atoms with Crippen molar-refractivity contribution in [2.45, 2.75) is 4.90 Å². The number of hydrogen-bond donors (Lipinski definition) is 1. The van der Waals surface area contributed by atoms with Gasteiger partial charge in [-0.25, -0.2) is 4.79 Å². The average molecular weight is 313 g/mol. The van der Waals surface area contributed by atoms with E-state index in [9.17, 15) is 13.2 Å². The van der Waals surface area contributed by atoms with E-state index in [0.717, 1.165) is 6.07 Å². The molecule has 0 amide bonds. The van der Waals surface area contributed by atoms with Crippen LogP contribution in [0.2, 0.25) is 5.02 Å². The van der Waals surface area contributed by atoms with Crippen molar-refractivity contribution in [2.24, 2.45) is 0 Å². The van der Waals surface area contributed by atoms with Crippen LogP contribution in [-0.4, -0.2) is 19.5 Å². The molecule has 0 bridgehead atoms. The molecule has 1 N–H and O–H groups in total. The van der Waals surface area contributed by atoms with Crippen LogP contribution in [0.1, 0.15) is 10.4 Å². The van der Waals surface area contributed by atoms with Gasteiger partial charge in [0.1, 0.15) is 10.6 Å². The fraction of sp³-hybridized carbons (Fsp3) is 0. The Balaban J connectivity index is 2.33. The van der Waals surface area contributed by atoms with Crippen molar-refractivity contribution in [2.75, 3.05) is 0 Å². The Bertz CT molecular complexity index is 738. The summed E-state index contributed by atoms with van der Waals surface area (Å²) >= 11 is 5.69. The van der Waals surface area contributed by atoms with Gasteiger partial charge in [0.05, 0.1) is 5.56 Å². The number of rotatable bonds is 4. The lowest BCUT2D eigenvalue weighted by molar-refractivity contribution is 0.0696. The highest BCUT2D eigenvalue weighted by molar-refractivity contribution is 7.87. The van der Waals surface area contributed by atoms with Crippen LogP contribution in [0.5, 0.6) is 5.75 Å². The van der Waals surface area contributed by atoms with Crippen LogP contribution in [0.25, 0.3) is 0 Å². The summed E-state index contributed by atoms with van der Waals surface area (Å²) in [7, 11) is -4.09. The quantitative estimate of drug-likeness (QED) is 0.878. The van der Waals surface area contributed by atoms with Crippen molar-refractivity contribution in [3.05, 3.63) is 59.1 Å². The Morgan fingerprint density at radius 1 is 1.10 bits per heavy atom. The maximum atomic E-state index is 12.0. The van der Waals surface area contributed by atoms with Gasteiger partial charge in [-0.1, -0.05) is 17.7 Å². The number of carboxylic acid groups (broad SMARTS) is 1. The van der Waals surface area contributed by atoms with Crippen LogP contribution in [-0.2, 0) is 10.1 Å². The molecular formula is C13H9ClO5S. The summed E-state index contributed by atoms with van der Waals surface area (Å²) in [5, 5.41) is 9.29. The molecule has 5 nitrogen and oxygen atoms in total. The molecule has 0 saturated heterocycles. The first-order valence-electron chi connectivity index (χ1n) is 5.42. The van der Waals surface area contributed by atoms with E-state index >= 15 is 0 Å². The highest BCUT2D eigenvalue weighted by Gasteiger charge is 2.18. The molecule has 0 aromatic heterocycles. The molecule has 7 heteroatoms. The molecule has 0 radical (unpaired) electrons. The summed E-state index contributed by atoms with van der Waals surface area (Å²) < 4.78 is 28.9. The third-order valence-electron chi connectivity index (χ3n) is 2.39. The van der Waals surface area contributed by atoms with Gasteiger partial charge >= 0.3 is 16.1 Å². The normalized spacial score (nSPS) is 11.1. The smallest absolute Gasteiger partial charge is 0.339 e. The molecule has 20 heavy (non-hydrogen) atoms. The molecule has 2 aromatic rings. The van der Waals surface area contributed by atoms with Gasteiger partial charge < -0.3 is 9.29 Å². The fourth-order valence-electron chi connectivity index (χ4n) is 1.45. The highest BCUT2D eigenvalue weighted by Crippen LogP contribution is 2.21. The van der Waals surface area contributed by atoms with Crippen LogP contribution in [0.4, 0.5) is 0 Å². The number of hydrogen-bond acceptors (Lipinski definition) is 4. The maximum Gasteiger partial charge on any atom is 0.339 e. The molecule has 2 aromatic carbocycles. The standard InChI is InChI=1S/C13H9ClO5S/c14-10-4-6-11(7-5-10)19-20(17,18)12-3-1-2-9(8-12)13(15)16/h1-8H,(H,15,16). The third kappa shape index (κ3) is 3.28. The first kappa shape index (κ1) is 14.4. The van der Waals surface area contributed by atoms with Crippen LogP contribution in [0.15, 0.2) is 53.4 Å². The SMILES string of the molecule is O=C(O)c1cccc(S(=O)(=O)Oc2ccc(Cl)cc2)c1. The van der Waals surface area contributed by atoms with E-state index in [2.05, 4.69) is 0 Å². The van der Waals surface area contributed by atoms with E-state index in [-0.39, 0.29) is 16.2 Å². The van der Waals surface area contributed by atoms with Gasteiger partial charge in [-0.15, -0.1) is 0 Å². The number of benzene rings is 2. The second kappa shape index (κ2) is 5.52. The zero-order chi connectivity index (χ0) is 14.8. The Morgan fingerprint density at radius 3 is 2.35 bits per heavy atom. The summed E-state index contributed by atoms with van der Waals surface area (Å²) in [5.41, 5.74) is -0.134. The fourth-order valence-corrected chi connectivity index (χ4v) is 2.55. The van der Waals surface area contributed by atoms with E-state index in [1.54, 1.807) is 0 Å². The molecule has 104 valence electrons. The van der Waals surface area contributed by atoms with E-state index in [0.29, 0.717) is 5.02 Å². The molecule has 0 unspecified atom stereocenters. The van der Waals surface area contributed by atoms with E-state index < -0.39 is 16.1 Å². The minimum atomic E-state index is -4.09. The zero-order valence-electron chi connectivity index (χ0n) is 9.99. The van der Waals surface area contributed by atoms with Gasteiger partial charge in [-0.3, -0.25) is 0 Å². The Kier molecular flexibility index (Phi) is 3.96. The van der Waals surface area contributed by atoms with E-state index in [1.807, 2.05) is 0 Å². The van der Waals surface area contributed by atoms with Crippen molar-refractivity contribution >= 4 is 27.7 Å². The lowest BCUT2D eigenvalue weighted by Crippen LogP contribution is -2.10. The van der Waals surface area contributed by atoms with Crippen molar-refractivity contribution in [3.8, 4) is 5.75 Å². The number of aromatic carboxylic acids is 1. The summed E-state index contributed by atoms with van der Waals surface area (Å²) in [6.07, 6.45) is 0. The summed E-state index contributed by atoms with van der Waals surface area (Å²) in [5.74, 6) is -1.12. The molecule has 0 aliphatic heterocycles. The van der Waals surface area contributed by atoms with Gasteiger partial charge in [-0.05, 0) is 42.5 Å². The molecule has 0 aliphatic rings. The molecular weight excluding hydrogens is 304 g/mol. The monoisotopic (exact) mass is 312 g/mol. The Morgan fingerprint density at radius 2 is 1.75 bits per heavy atom. The number of carboxylic acids is 1. The largest absolute Gasteiger partial charge is 0.478 e. The first-order valence-corrected chi connectivity index (χ1v) is 7.20. The Hall–Kier alpha value is -2.05. The van der Waals surface area contributed by atoms with Gasteiger partial charge in [0.2, 0.25) is 0 Å². The highest BCUT2D eigenvalue weighted by atomic mass is 35.5. The van der Waals surface area contributed by atoms with Crippen molar-refractivity contribution in [1.82, 2.24) is 0 Å². The van der Waals surface area contributed by atoms with Crippen molar-refractivity contribution in [1.29, 1.82) is 0 Å². The van der Waals surface area contributed by atoms with Gasteiger partial charge in [-0.2, -0.15) is 8.42 Å². The van der Waals surface area contributed by atoms with E-state index in [4.69, 9.17) is 20.9 Å². The first-order chi connectivity index (χ1) is 9.38. The maximum absolute atomic E-state index is 12.0. The summed E-state index contributed by atoms with van der Waals surface area (Å²) in [6.45, 7) is 0. The summed E-state index contributed by atoms with van der Waals surface area (Å²) in [6, 6.07) is 10.7. The molecule has 0 fully saturated rings. The molecule has 0 saturated carbocycles. The van der Waals surface area contributed by atoms with E-state index in [1.165, 1.54) is 42.5 Å². The van der Waals surface area contributed by atoms with Gasteiger partial charge in [0.15, 0.2) is 0 Å². The Labute approximate surface area is 120 Å². The molecule has 0 heterocycles. The topological polar surface area (TPSA) is 80.7 Å². The molecule has 0 aliphatic carbocycles. The predicted molar refractivity (Wildman–Crippen MR) is 72.7 cm³/mol. The lowest BCUT2D eigenvalue weighted by atomic mass is 10.2. The zero-order valence-corrected chi connectivity index (χ0v) is 11.6. The van der Waals surface area contributed by atoms with Crippen LogP contribution >= 0.6 is 11.6 Å². The number of carbonyl (C=O) groups is 1. The second-order valence-corrected chi connectivity index (χ2v) is 5.81. The molecule has 0 spiro atoms. The minimum absolute atomic E-state index is 0.0927. The van der Waals surface area contributed by atoms with Crippen molar-refractivity contribution in [3.63, 3.8) is 0 Å². The van der Waals surface area contributed by atoms with Crippen LogP contribution < -0.4 is 4.18 Å². The van der Waals surface area contributed by atoms with Crippen molar-refractivity contribution < 1.29 is 22.5 Å². The van der Waals surface area contributed by atoms with Crippen LogP contribution in [0.3, 0.4) is 0 Å². The third-order valence-corrected chi connectivity index (χ3v) is 3.88.